The molecule has 7 heteroatoms. The van der Waals surface area contributed by atoms with Crippen molar-refractivity contribution in [2.75, 3.05) is 18.0 Å². The van der Waals surface area contributed by atoms with Crippen molar-refractivity contribution in [2.45, 2.75) is 25.7 Å². The van der Waals surface area contributed by atoms with Gasteiger partial charge in [-0.15, -0.1) is 0 Å². The number of benzene rings is 2. The van der Waals surface area contributed by atoms with Crippen molar-refractivity contribution < 1.29 is 13.5 Å². The molecule has 0 aromatic heterocycles. The molecule has 25 heavy (non-hydrogen) atoms. The van der Waals surface area contributed by atoms with E-state index >= 15 is 0 Å². The van der Waals surface area contributed by atoms with E-state index < -0.39 is 10.0 Å². The van der Waals surface area contributed by atoms with Crippen LogP contribution < -0.4 is 9.73 Å². The molecule has 0 fully saturated rings. The number of hydrazone groups is 1. The highest BCUT2D eigenvalue weighted by Gasteiger charge is 2.12. The maximum atomic E-state index is 12.1. The van der Waals surface area contributed by atoms with Crippen LogP contribution in [0.1, 0.15) is 25.0 Å². The van der Waals surface area contributed by atoms with Crippen LogP contribution in [0.3, 0.4) is 0 Å². The largest absolute Gasteiger partial charge is 0.507 e. The number of phenolic OH excluding ortho intramolecular Hbond substituents is 1. The second-order valence-electron chi connectivity index (χ2n) is 5.58. The van der Waals surface area contributed by atoms with E-state index in [0.29, 0.717) is 5.56 Å². The smallest absolute Gasteiger partial charge is 0.276 e. The Morgan fingerprint density at radius 3 is 2.32 bits per heavy atom. The molecular weight excluding hydrogens is 338 g/mol. The molecular formula is C18H23N3O3S. The van der Waals surface area contributed by atoms with Crippen molar-refractivity contribution in [1.29, 1.82) is 0 Å². The number of aromatic hydroxyl groups is 1. The zero-order valence-electron chi connectivity index (χ0n) is 14.6. The van der Waals surface area contributed by atoms with Crippen LogP contribution in [0.5, 0.6) is 5.75 Å². The summed E-state index contributed by atoms with van der Waals surface area (Å²) in [5, 5.41) is 13.9. The third-order valence-corrected chi connectivity index (χ3v) is 5.09. The van der Waals surface area contributed by atoms with Crippen LogP contribution in [0, 0.1) is 6.92 Å². The van der Waals surface area contributed by atoms with E-state index in [2.05, 4.69) is 14.8 Å². The van der Waals surface area contributed by atoms with Crippen LogP contribution in [-0.2, 0) is 10.0 Å². The molecule has 0 bridgehead atoms. The van der Waals surface area contributed by atoms with E-state index in [1.54, 1.807) is 24.3 Å². The molecule has 0 saturated carbocycles. The van der Waals surface area contributed by atoms with Crippen LogP contribution in [0.25, 0.3) is 0 Å². The fraction of sp³-hybridized carbons (Fsp3) is 0.278. The number of sulfonamides is 1. The fourth-order valence-corrected chi connectivity index (χ4v) is 3.15. The van der Waals surface area contributed by atoms with E-state index in [-0.39, 0.29) is 10.6 Å². The summed E-state index contributed by atoms with van der Waals surface area (Å²) < 4.78 is 24.3. The lowest BCUT2D eigenvalue weighted by atomic mass is 10.2. The summed E-state index contributed by atoms with van der Waals surface area (Å²) in [6, 6.07) is 11.7. The second kappa shape index (κ2) is 8.02. The lowest BCUT2D eigenvalue weighted by molar-refractivity contribution is 0.474. The number of anilines is 1. The summed E-state index contributed by atoms with van der Waals surface area (Å²) in [7, 11) is -3.73. The lowest BCUT2D eigenvalue weighted by Gasteiger charge is -2.21. The van der Waals surface area contributed by atoms with Gasteiger partial charge in [0, 0.05) is 30.4 Å². The maximum absolute atomic E-state index is 12.1. The standard InChI is InChI=1S/C18H23N3O3S/c1-4-21(5-2)16-9-8-15(18(22)12-16)13-19-20-25(23,24)17-10-6-14(3)7-11-17/h6-13,20,22H,4-5H2,1-3H3/b19-13+. The molecule has 0 aliphatic heterocycles. The van der Waals surface area contributed by atoms with Crippen molar-refractivity contribution >= 4 is 21.9 Å². The maximum Gasteiger partial charge on any atom is 0.276 e. The number of nitrogens with one attached hydrogen (secondary N) is 1. The van der Waals surface area contributed by atoms with Crippen LogP contribution in [0.15, 0.2) is 52.5 Å². The van der Waals surface area contributed by atoms with E-state index in [9.17, 15) is 13.5 Å². The van der Waals surface area contributed by atoms with Gasteiger partial charge in [0.1, 0.15) is 5.75 Å². The van der Waals surface area contributed by atoms with Gasteiger partial charge in [-0.2, -0.15) is 13.5 Å². The molecule has 0 amide bonds. The van der Waals surface area contributed by atoms with Crippen LogP contribution in [0.4, 0.5) is 5.69 Å². The summed E-state index contributed by atoms with van der Waals surface area (Å²) >= 11 is 0. The lowest BCUT2D eigenvalue weighted by Crippen LogP contribution is -2.21. The molecule has 0 radical (unpaired) electrons. The highest BCUT2D eigenvalue weighted by Crippen LogP contribution is 2.23. The molecule has 2 N–H and O–H groups in total. The Balaban J connectivity index is 2.12. The minimum Gasteiger partial charge on any atom is -0.507 e. The van der Waals surface area contributed by atoms with E-state index in [0.717, 1.165) is 24.3 Å². The highest BCUT2D eigenvalue weighted by atomic mass is 32.2. The van der Waals surface area contributed by atoms with E-state index in [1.807, 2.05) is 26.8 Å². The Bertz CT molecular complexity index is 842. The Morgan fingerprint density at radius 1 is 1.12 bits per heavy atom. The molecule has 0 unspecified atom stereocenters. The zero-order chi connectivity index (χ0) is 18.4. The Labute approximate surface area is 148 Å². The minimum atomic E-state index is -3.73. The highest BCUT2D eigenvalue weighted by molar-refractivity contribution is 7.89. The number of hydrogen-bond donors (Lipinski definition) is 2. The summed E-state index contributed by atoms with van der Waals surface area (Å²) in [6.07, 6.45) is 1.28. The predicted octanol–water partition coefficient (Wildman–Crippen LogP) is 2.86. The topological polar surface area (TPSA) is 82.0 Å². The van der Waals surface area contributed by atoms with Crippen LogP contribution in [-0.4, -0.2) is 32.8 Å². The van der Waals surface area contributed by atoms with Crippen LogP contribution >= 0.6 is 0 Å². The SMILES string of the molecule is CCN(CC)c1ccc(/C=N/NS(=O)(=O)c2ccc(C)cc2)c(O)c1. The van der Waals surface area contributed by atoms with Crippen LogP contribution in [0.2, 0.25) is 0 Å². The molecule has 0 saturated heterocycles. The number of nitrogens with zero attached hydrogens (tertiary/aromatic N) is 2. The van der Waals surface area contributed by atoms with Gasteiger partial charge in [0.25, 0.3) is 10.0 Å². The summed E-state index contributed by atoms with van der Waals surface area (Å²) in [4.78, 5) is 4.38. The molecule has 2 rings (SSSR count). The first-order valence-electron chi connectivity index (χ1n) is 8.07. The summed E-state index contributed by atoms with van der Waals surface area (Å²) in [6.45, 7) is 7.62. The van der Waals surface area contributed by atoms with Gasteiger partial charge < -0.3 is 10.0 Å². The van der Waals surface area contributed by atoms with Gasteiger partial charge in [0.2, 0.25) is 0 Å². The monoisotopic (exact) mass is 361 g/mol. The van der Waals surface area contributed by atoms with Crippen molar-refractivity contribution in [3.05, 3.63) is 53.6 Å². The molecule has 0 aliphatic carbocycles. The van der Waals surface area contributed by atoms with Gasteiger partial charge in [-0.05, 0) is 45.0 Å². The molecule has 2 aromatic carbocycles. The molecule has 0 spiro atoms. The van der Waals surface area contributed by atoms with Gasteiger partial charge in [0.05, 0.1) is 11.1 Å². The fourth-order valence-electron chi connectivity index (χ4n) is 2.36. The van der Waals surface area contributed by atoms with Crippen molar-refractivity contribution in [2.24, 2.45) is 5.10 Å². The molecule has 6 nitrogen and oxygen atoms in total. The summed E-state index contributed by atoms with van der Waals surface area (Å²) in [5.41, 5.74) is 2.31. The van der Waals surface area contributed by atoms with Gasteiger partial charge in [-0.3, -0.25) is 0 Å². The molecule has 0 atom stereocenters. The third kappa shape index (κ3) is 4.73. The quantitative estimate of drug-likeness (QED) is 0.587. The van der Waals surface area contributed by atoms with Gasteiger partial charge in [-0.25, -0.2) is 4.83 Å². The molecule has 0 aliphatic rings. The second-order valence-corrected chi connectivity index (χ2v) is 7.24. The number of phenols is 1. The normalized spacial score (nSPS) is 11.6. The van der Waals surface area contributed by atoms with Crippen molar-refractivity contribution in [3.8, 4) is 5.75 Å². The Kier molecular flexibility index (Phi) is 6.03. The zero-order valence-corrected chi connectivity index (χ0v) is 15.4. The third-order valence-electron chi connectivity index (χ3n) is 3.85. The van der Waals surface area contributed by atoms with E-state index in [1.165, 1.54) is 18.3 Å². The predicted molar refractivity (Wildman–Crippen MR) is 101 cm³/mol. The van der Waals surface area contributed by atoms with Crippen molar-refractivity contribution in [3.63, 3.8) is 0 Å². The number of hydrogen-bond acceptors (Lipinski definition) is 5. The Morgan fingerprint density at radius 2 is 1.76 bits per heavy atom. The van der Waals surface area contributed by atoms with Gasteiger partial charge in [-0.1, -0.05) is 17.7 Å². The molecule has 0 heterocycles. The molecule has 134 valence electrons. The minimum absolute atomic E-state index is 0.0442. The first kappa shape index (κ1) is 18.8. The van der Waals surface area contributed by atoms with E-state index in [4.69, 9.17) is 0 Å². The summed E-state index contributed by atoms with van der Waals surface area (Å²) in [5.74, 6) is 0.0442. The average Bonchev–Trinajstić information content (AvgIpc) is 2.58. The first-order chi connectivity index (χ1) is 11.9. The number of rotatable bonds is 7. The van der Waals surface area contributed by atoms with Crippen molar-refractivity contribution in [1.82, 2.24) is 4.83 Å². The first-order valence-corrected chi connectivity index (χ1v) is 9.55. The van der Waals surface area contributed by atoms with Gasteiger partial charge in [0.15, 0.2) is 0 Å². The molecule has 2 aromatic rings. The number of aryl methyl sites for hydroxylation is 1. The average molecular weight is 361 g/mol. The Hall–Kier alpha value is -2.54. The van der Waals surface area contributed by atoms with Gasteiger partial charge >= 0.3 is 0 Å².